The second-order valence-corrected chi connectivity index (χ2v) is 10.4. The number of anilines is 2. The molecule has 2 aliphatic rings. The van der Waals surface area contributed by atoms with Crippen LogP contribution in [0.15, 0.2) is 66.1 Å². The molecule has 0 aliphatic carbocycles. The van der Waals surface area contributed by atoms with E-state index in [0.29, 0.717) is 48.9 Å². The summed E-state index contributed by atoms with van der Waals surface area (Å²) in [7, 11) is -3.80. The Labute approximate surface area is 207 Å². The van der Waals surface area contributed by atoms with Gasteiger partial charge in [-0.05, 0) is 67.3 Å². The summed E-state index contributed by atoms with van der Waals surface area (Å²) in [6, 6.07) is 11.6. The third-order valence-corrected chi connectivity index (χ3v) is 7.73. The minimum absolute atomic E-state index is 0.104. The van der Waals surface area contributed by atoms with Crippen molar-refractivity contribution in [2.45, 2.75) is 31.1 Å². The molecule has 0 bridgehead atoms. The standard InChI is InChI=1S/C25H22N6O4S/c1-16-26-9-11-30(16)22-14-23(28-15-27-22)35-20-5-3-19(4-6-20)29-36(33,34)21-12-17-2-7-24(32)31-10-8-18(13-21)25(17)31/h3-6,9,11-15,29H,2,7-8,10H2,1H3. The lowest BCUT2D eigenvalue weighted by Gasteiger charge is -2.25. The summed E-state index contributed by atoms with van der Waals surface area (Å²) in [4.78, 5) is 26.7. The fourth-order valence-electron chi connectivity index (χ4n) is 4.64. The maximum absolute atomic E-state index is 13.1. The van der Waals surface area contributed by atoms with E-state index in [4.69, 9.17) is 4.74 Å². The Morgan fingerprint density at radius 1 is 0.972 bits per heavy atom. The molecule has 1 N–H and O–H groups in total. The first kappa shape index (κ1) is 22.2. The van der Waals surface area contributed by atoms with Crippen molar-refractivity contribution >= 4 is 27.3 Å². The van der Waals surface area contributed by atoms with Gasteiger partial charge < -0.3 is 9.64 Å². The van der Waals surface area contributed by atoms with E-state index in [0.717, 1.165) is 22.6 Å². The van der Waals surface area contributed by atoms with E-state index in [2.05, 4.69) is 19.7 Å². The van der Waals surface area contributed by atoms with Crippen molar-refractivity contribution in [3.05, 3.63) is 78.1 Å². The Kier molecular flexibility index (Phi) is 5.22. The number of aryl methyl sites for hydroxylation is 2. The maximum Gasteiger partial charge on any atom is 0.261 e. The van der Waals surface area contributed by atoms with Crippen molar-refractivity contribution in [2.75, 3.05) is 16.2 Å². The van der Waals surface area contributed by atoms with Crippen molar-refractivity contribution in [1.82, 2.24) is 19.5 Å². The predicted octanol–water partition coefficient (Wildman–Crippen LogP) is 3.40. The number of sulfonamides is 1. The molecule has 11 heteroatoms. The van der Waals surface area contributed by atoms with E-state index in [1.54, 1.807) is 59.8 Å². The zero-order valence-corrected chi connectivity index (χ0v) is 20.2. The quantitative estimate of drug-likeness (QED) is 0.429. The maximum atomic E-state index is 13.1. The van der Waals surface area contributed by atoms with Gasteiger partial charge in [-0.3, -0.25) is 14.1 Å². The zero-order chi connectivity index (χ0) is 24.9. The lowest BCUT2D eigenvalue weighted by Crippen LogP contribution is -2.33. The van der Waals surface area contributed by atoms with E-state index >= 15 is 0 Å². The van der Waals surface area contributed by atoms with Crippen molar-refractivity contribution in [1.29, 1.82) is 0 Å². The smallest absolute Gasteiger partial charge is 0.261 e. The average Bonchev–Trinajstić information content (AvgIpc) is 3.50. The Balaban J connectivity index is 1.19. The number of nitrogens with one attached hydrogen (secondary N) is 1. The fourth-order valence-corrected chi connectivity index (χ4v) is 5.80. The highest BCUT2D eigenvalue weighted by Crippen LogP contribution is 2.38. The van der Waals surface area contributed by atoms with Crippen LogP contribution in [0, 0.1) is 6.92 Å². The van der Waals surface area contributed by atoms with Crippen LogP contribution in [0.3, 0.4) is 0 Å². The molecule has 6 rings (SSSR count). The predicted molar refractivity (Wildman–Crippen MR) is 132 cm³/mol. The third-order valence-electron chi connectivity index (χ3n) is 6.36. The number of aromatic nitrogens is 4. The first-order chi connectivity index (χ1) is 17.4. The van der Waals surface area contributed by atoms with Crippen LogP contribution in [-0.4, -0.2) is 40.4 Å². The average molecular weight is 503 g/mol. The summed E-state index contributed by atoms with van der Waals surface area (Å²) in [5.74, 6) is 2.36. The molecule has 0 radical (unpaired) electrons. The van der Waals surface area contributed by atoms with Gasteiger partial charge in [0.1, 0.15) is 23.7 Å². The Morgan fingerprint density at radius 3 is 2.50 bits per heavy atom. The van der Waals surface area contributed by atoms with Gasteiger partial charge in [-0.25, -0.2) is 23.4 Å². The molecule has 0 fully saturated rings. The van der Waals surface area contributed by atoms with Gasteiger partial charge in [-0.2, -0.15) is 0 Å². The second kappa shape index (κ2) is 8.45. The van der Waals surface area contributed by atoms with E-state index in [1.807, 2.05) is 11.5 Å². The molecule has 36 heavy (non-hydrogen) atoms. The number of rotatable bonds is 6. The summed E-state index contributed by atoms with van der Waals surface area (Å²) in [6.07, 6.45) is 6.51. The number of benzene rings is 2. The molecule has 2 aromatic carbocycles. The zero-order valence-electron chi connectivity index (χ0n) is 19.4. The molecule has 4 aromatic rings. The molecule has 1 amide bonds. The van der Waals surface area contributed by atoms with Gasteiger partial charge in [0, 0.05) is 37.1 Å². The molecule has 182 valence electrons. The van der Waals surface area contributed by atoms with Crippen LogP contribution in [0.2, 0.25) is 0 Å². The molecule has 10 nitrogen and oxygen atoms in total. The first-order valence-corrected chi connectivity index (χ1v) is 12.9. The minimum atomic E-state index is -3.80. The van der Waals surface area contributed by atoms with Crippen LogP contribution in [0.1, 0.15) is 23.4 Å². The SMILES string of the molecule is Cc1nccn1-c1cc(Oc2ccc(NS(=O)(=O)c3cc4c5c(c3)CCN5C(=O)CC4)cc2)ncn1. The third kappa shape index (κ3) is 3.97. The summed E-state index contributed by atoms with van der Waals surface area (Å²) < 4.78 is 36.6. The monoisotopic (exact) mass is 502 g/mol. The number of hydrogen-bond donors (Lipinski definition) is 1. The highest BCUT2D eigenvalue weighted by atomic mass is 32.2. The van der Waals surface area contributed by atoms with Gasteiger partial charge in [0.2, 0.25) is 11.8 Å². The number of imidazole rings is 1. The van der Waals surface area contributed by atoms with Crippen LogP contribution in [0.5, 0.6) is 11.6 Å². The summed E-state index contributed by atoms with van der Waals surface area (Å²) >= 11 is 0. The van der Waals surface area contributed by atoms with Gasteiger partial charge in [0.25, 0.3) is 10.0 Å². The lowest BCUT2D eigenvalue weighted by molar-refractivity contribution is -0.118. The summed E-state index contributed by atoms with van der Waals surface area (Å²) in [5, 5.41) is 0. The Morgan fingerprint density at radius 2 is 1.75 bits per heavy atom. The van der Waals surface area contributed by atoms with Crippen LogP contribution in [0.4, 0.5) is 11.4 Å². The first-order valence-electron chi connectivity index (χ1n) is 11.5. The molecule has 2 aromatic heterocycles. The largest absolute Gasteiger partial charge is 0.439 e. The highest BCUT2D eigenvalue weighted by Gasteiger charge is 2.33. The van der Waals surface area contributed by atoms with Gasteiger partial charge in [0.15, 0.2) is 0 Å². The van der Waals surface area contributed by atoms with E-state index < -0.39 is 10.0 Å². The number of carbonyl (C=O) groups is 1. The van der Waals surface area contributed by atoms with E-state index in [-0.39, 0.29) is 10.8 Å². The van der Waals surface area contributed by atoms with Crippen molar-refractivity contribution in [2.24, 2.45) is 0 Å². The fraction of sp³-hybridized carbons (Fsp3) is 0.200. The van der Waals surface area contributed by atoms with Gasteiger partial charge in [0.05, 0.1) is 10.6 Å². The molecule has 0 saturated heterocycles. The van der Waals surface area contributed by atoms with Crippen LogP contribution in [0.25, 0.3) is 5.82 Å². The summed E-state index contributed by atoms with van der Waals surface area (Å²) in [6.45, 7) is 2.48. The second-order valence-electron chi connectivity index (χ2n) is 8.68. The normalized spacial score (nSPS) is 14.6. The lowest BCUT2D eigenvalue weighted by atomic mass is 10.00. The number of carbonyl (C=O) groups excluding carboxylic acids is 1. The van der Waals surface area contributed by atoms with Crippen molar-refractivity contribution in [3.63, 3.8) is 0 Å². The molecule has 0 saturated carbocycles. The molecule has 0 spiro atoms. The van der Waals surface area contributed by atoms with Gasteiger partial charge in [-0.1, -0.05) is 0 Å². The van der Waals surface area contributed by atoms with Gasteiger partial charge >= 0.3 is 0 Å². The molecular weight excluding hydrogens is 480 g/mol. The van der Waals surface area contributed by atoms with Crippen LogP contribution < -0.4 is 14.4 Å². The topological polar surface area (TPSA) is 119 Å². The van der Waals surface area contributed by atoms with E-state index in [9.17, 15) is 13.2 Å². The molecular formula is C25H22N6O4S. The molecule has 0 atom stereocenters. The number of hydrogen-bond acceptors (Lipinski definition) is 7. The Bertz CT molecular complexity index is 1600. The van der Waals surface area contributed by atoms with Crippen LogP contribution >= 0.6 is 0 Å². The van der Waals surface area contributed by atoms with Crippen LogP contribution in [-0.2, 0) is 27.7 Å². The van der Waals surface area contributed by atoms with Gasteiger partial charge in [-0.15, -0.1) is 0 Å². The highest BCUT2D eigenvalue weighted by molar-refractivity contribution is 7.92. The van der Waals surface area contributed by atoms with E-state index in [1.165, 1.54) is 6.33 Å². The van der Waals surface area contributed by atoms with Crippen molar-refractivity contribution in [3.8, 4) is 17.4 Å². The minimum Gasteiger partial charge on any atom is -0.439 e. The van der Waals surface area contributed by atoms with Crippen molar-refractivity contribution < 1.29 is 17.9 Å². The Hall–Kier alpha value is -4.25. The molecule has 0 unspecified atom stereocenters. The molecule has 4 heterocycles. The molecule has 2 aliphatic heterocycles. The number of nitrogens with zero attached hydrogens (tertiary/aromatic N) is 5. The number of amides is 1. The number of ether oxygens (including phenoxy) is 1. The summed E-state index contributed by atoms with van der Waals surface area (Å²) in [5.41, 5.74) is 3.11.